The van der Waals surface area contributed by atoms with Crippen molar-refractivity contribution in [2.45, 2.75) is 35.8 Å². The summed E-state index contributed by atoms with van der Waals surface area (Å²) in [5, 5.41) is 10.2. The normalized spacial score (nSPS) is 18.5. The summed E-state index contributed by atoms with van der Waals surface area (Å²) in [6.07, 6.45) is -0.869. The molecule has 42 heavy (non-hydrogen) atoms. The van der Waals surface area contributed by atoms with Crippen LogP contribution in [0.3, 0.4) is 0 Å². The maximum Gasteiger partial charge on any atom is 0.262 e. The van der Waals surface area contributed by atoms with Crippen molar-refractivity contribution in [3.05, 3.63) is 83.1 Å². The third-order valence-electron chi connectivity index (χ3n) is 7.02. The number of sulfonamides is 2. The highest BCUT2D eigenvalue weighted by Crippen LogP contribution is 2.36. The highest BCUT2D eigenvalue weighted by atomic mass is 35.5. The van der Waals surface area contributed by atoms with Crippen molar-refractivity contribution in [2.24, 2.45) is 5.92 Å². The van der Waals surface area contributed by atoms with Crippen LogP contribution in [0, 0.1) is 11.7 Å². The van der Waals surface area contributed by atoms with Crippen LogP contribution in [-0.2, 0) is 20.0 Å². The van der Waals surface area contributed by atoms with Gasteiger partial charge in [-0.05, 0) is 67.6 Å². The third kappa shape index (κ3) is 6.70. The van der Waals surface area contributed by atoms with Crippen molar-refractivity contribution in [1.29, 1.82) is 0 Å². The van der Waals surface area contributed by atoms with Crippen molar-refractivity contribution in [2.75, 3.05) is 31.5 Å². The number of aliphatic hydroxyl groups excluding tert-OH is 1. The zero-order valence-corrected chi connectivity index (χ0v) is 25.5. The van der Waals surface area contributed by atoms with E-state index in [0.29, 0.717) is 5.02 Å². The Kier molecular flexibility index (Phi) is 9.48. The fourth-order valence-electron chi connectivity index (χ4n) is 4.50. The maximum absolute atomic E-state index is 13.7. The lowest BCUT2D eigenvalue weighted by Crippen LogP contribution is -2.50. The molecule has 0 unspecified atom stereocenters. The van der Waals surface area contributed by atoms with Crippen LogP contribution in [0.1, 0.15) is 24.2 Å². The third-order valence-corrected chi connectivity index (χ3v) is 10.5. The number of ether oxygens (including phenoxy) is 1. The summed E-state index contributed by atoms with van der Waals surface area (Å²) in [6, 6.07) is 13.7. The van der Waals surface area contributed by atoms with E-state index in [2.05, 4.69) is 4.72 Å². The molecule has 10 nitrogen and oxygen atoms in total. The predicted octanol–water partition coefficient (Wildman–Crippen LogP) is 3.82. The van der Waals surface area contributed by atoms with Gasteiger partial charge in [0.2, 0.25) is 10.0 Å². The number of para-hydroxylation sites is 1. The standard InChI is InChI=1S/C28H31ClFN3O7S2/c1-18-15-33(19(2)17-34)28(35)24-5-4-6-25(31-41(36,37)22-11-7-20(29)8-12-22)27(24)40-26(18)16-32(3)42(38,39)23-13-9-21(30)10-14-23/h4-14,18-19,26,31,34H,15-17H2,1-3H3/t18-,19-,26+/m0/s1. The SMILES string of the molecule is C[C@H]1CN([C@@H](C)CO)C(=O)c2cccc(NS(=O)(=O)c3ccc(Cl)cc3)c2O[C@@H]1CN(C)S(=O)(=O)c1ccc(F)cc1. The lowest BCUT2D eigenvalue weighted by atomic mass is 9.99. The number of benzene rings is 3. The van der Waals surface area contributed by atoms with Crippen LogP contribution < -0.4 is 9.46 Å². The number of anilines is 1. The molecule has 0 spiro atoms. The average molecular weight is 640 g/mol. The van der Waals surface area contributed by atoms with Gasteiger partial charge < -0.3 is 14.7 Å². The molecule has 0 bridgehead atoms. The minimum atomic E-state index is -4.14. The first kappa shape index (κ1) is 31.7. The number of nitrogens with one attached hydrogen (secondary N) is 1. The van der Waals surface area contributed by atoms with Crippen molar-refractivity contribution in [3.63, 3.8) is 0 Å². The highest BCUT2D eigenvalue weighted by Gasteiger charge is 2.36. The molecule has 0 radical (unpaired) electrons. The van der Waals surface area contributed by atoms with E-state index in [1.165, 1.54) is 54.4 Å². The largest absolute Gasteiger partial charge is 0.486 e. The van der Waals surface area contributed by atoms with Crippen LogP contribution in [0.15, 0.2) is 76.5 Å². The maximum atomic E-state index is 13.7. The molecular weight excluding hydrogens is 609 g/mol. The number of rotatable bonds is 9. The fourth-order valence-corrected chi connectivity index (χ4v) is 6.87. The van der Waals surface area contributed by atoms with Crippen molar-refractivity contribution < 1.29 is 35.9 Å². The van der Waals surface area contributed by atoms with Gasteiger partial charge in [-0.3, -0.25) is 9.52 Å². The van der Waals surface area contributed by atoms with Crippen LogP contribution in [0.2, 0.25) is 5.02 Å². The molecule has 0 fully saturated rings. The van der Waals surface area contributed by atoms with Crippen LogP contribution in [0.5, 0.6) is 5.75 Å². The van der Waals surface area contributed by atoms with E-state index in [1.54, 1.807) is 13.8 Å². The zero-order chi connectivity index (χ0) is 30.8. The minimum absolute atomic E-state index is 0.0319. The Morgan fingerprint density at radius 2 is 1.69 bits per heavy atom. The summed E-state index contributed by atoms with van der Waals surface area (Å²) in [5.74, 6) is -1.62. The summed E-state index contributed by atoms with van der Waals surface area (Å²) in [5.41, 5.74) is 0.00287. The number of carbonyl (C=O) groups excluding carboxylic acids is 1. The number of hydrogen-bond donors (Lipinski definition) is 2. The fraction of sp³-hybridized carbons (Fsp3) is 0.321. The van der Waals surface area contributed by atoms with Gasteiger partial charge in [-0.25, -0.2) is 21.2 Å². The topological polar surface area (TPSA) is 133 Å². The molecule has 1 aliphatic heterocycles. The number of amides is 1. The van der Waals surface area contributed by atoms with Crippen LogP contribution >= 0.6 is 11.6 Å². The van der Waals surface area contributed by atoms with E-state index in [1.807, 2.05) is 0 Å². The summed E-state index contributed by atoms with van der Waals surface area (Å²) in [4.78, 5) is 14.9. The van der Waals surface area contributed by atoms with E-state index in [9.17, 15) is 31.1 Å². The molecule has 0 aliphatic carbocycles. The number of hydrogen-bond acceptors (Lipinski definition) is 7. The Hall–Kier alpha value is -3.23. The smallest absolute Gasteiger partial charge is 0.262 e. The van der Waals surface area contributed by atoms with Crippen LogP contribution in [0.25, 0.3) is 0 Å². The number of likely N-dealkylation sites (N-methyl/N-ethyl adjacent to an activating group) is 1. The molecule has 226 valence electrons. The number of nitrogens with zero attached hydrogens (tertiary/aromatic N) is 2. The molecule has 0 saturated carbocycles. The first-order valence-electron chi connectivity index (χ1n) is 13.0. The monoisotopic (exact) mass is 639 g/mol. The van der Waals surface area contributed by atoms with Crippen LogP contribution in [0.4, 0.5) is 10.1 Å². The van der Waals surface area contributed by atoms with Gasteiger partial charge in [-0.2, -0.15) is 4.31 Å². The number of fused-ring (bicyclic) bond motifs is 1. The second-order valence-corrected chi connectivity index (χ2v) is 14.3. The molecule has 0 aromatic heterocycles. The van der Waals surface area contributed by atoms with E-state index >= 15 is 0 Å². The minimum Gasteiger partial charge on any atom is -0.486 e. The molecule has 3 aromatic carbocycles. The summed E-state index contributed by atoms with van der Waals surface area (Å²) < 4.78 is 76.3. The molecule has 2 N–H and O–H groups in total. The highest BCUT2D eigenvalue weighted by molar-refractivity contribution is 7.92. The Labute approximate surface area is 249 Å². The number of aliphatic hydroxyl groups is 1. The van der Waals surface area contributed by atoms with Crippen molar-refractivity contribution in [3.8, 4) is 5.75 Å². The van der Waals surface area contributed by atoms with Gasteiger partial charge >= 0.3 is 0 Å². The van der Waals surface area contributed by atoms with E-state index in [0.717, 1.165) is 28.6 Å². The Bertz CT molecular complexity index is 1650. The summed E-state index contributed by atoms with van der Waals surface area (Å²) in [6.45, 7) is 3.03. The van der Waals surface area contributed by atoms with Gasteiger partial charge in [-0.1, -0.05) is 24.6 Å². The van der Waals surface area contributed by atoms with Crippen molar-refractivity contribution in [1.82, 2.24) is 9.21 Å². The molecule has 3 aromatic rings. The van der Waals surface area contributed by atoms with E-state index in [-0.39, 0.29) is 46.5 Å². The Morgan fingerprint density at radius 3 is 2.31 bits per heavy atom. The first-order valence-corrected chi connectivity index (χ1v) is 16.3. The number of halogens is 2. The molecule has 1 amide bonds. The molecule has 3 atom stereocenters. The van der Waals surface area contributed by atoms with E-state index in [4.69, 9.17) is 16.3 Å². The molecule has 4 rings (SSSR count). The molecular formula is C28H31ClFN3O7S2. The molecule has 1 heterocycles. The summed E-state index contributed by atoms with van der Waals surface area (Å²) >= 11 is 5.91. The van der Waals surface area contributed by atoms with Gasteiger partial charge in [-0.15, -0.1) is 0 Å². The first-order chi connectivity index (χ1) is 19.7. The van der Waals surface area contributed by atoms with Gasteiger partial charge in [0.05, 0.1) is 40.2 Å². The second kappa shape index (κ2) is 12.6. The molecule has 0 saturated heterocycles. The van der Waals surface area contributed by atoms with Crippen molar-refractivity contribution >= 4 is 43.2 Å². The Balaban J connectivity index is 1.76. The molecule has 1 aliphatic rings. The lowest BCUT2D eigenvalue weighted by Gasteiger charge is -2.38. The van der Waals surface area contributed by atoms with Gasteiger partial charge in [0.1, 0.15) is 11.9 Å². The predicted molar refractivity (Wildman–Crippen MR) is 156 cm³/mol. The zero-order valence-electron chi connectivity index (χ0n) is 23.1. The van der Waals surface area contributed by atoms with Crippen LogP contribution in [-0.4, -0.2) is 75.9 Å². The Morgan fingerprint density at radius 1 is 1.07 bits per heavy atom. The molecule has 14 heteroatoms. The van der Waals surface area contributed by atoms with Gasteiger partial charge in [0, 0.05) is 24.5 Å². The lowest BCUT2D eigenvalue weighted by molar-refractivity contribution is 0.0389. The van der Waals surface area contributed by atoms with Gasteiger partial charge in [0.25, 0.3) is 15.9 Å². The second-order valence-electron chi connectivity index (χ2n) is 10.1. The van der Waals surface area contributed by atoms with E-state index < -0.39 is 49.8 Å². The average Bonchev–Trinajstić information content (AvgIpc) is 2.95. The van der Waals surface area contributed by atoms with Gasteiger partial charge in [0.15, 0.2) is 5.75 Å². The quantitative estimate of drug-likeness (QED) is 0.364. The number of carbonyl (C=O) groups is 1. The summed E-state index contributed by atoms with van der Waals surface area (Å²) in [7, 11) is -6.85.